The summed E-state index contributed by atoms with van der Waals surface area (Å²) in [5.74, 6) is 0.314. The number of aliphatic hydroxyl groups is 1. The van der Waals surface area contributed by atoms with Gasteiger partial charge in [-0.05, 0) is 55.7 Å². The van der Waals surface area contributed by atoms with Crippen LogP contribution in [0.5, 0.6) is 5.75 Å². The molecule has 106 valence electrons. The molecule has 2 aromatic carbocycles. The number of ether oxygens (including phenoxy) is 1. The van der Waals surface area contributed by atoms with Gasteiger partial charge >= 0.3 is 0 Å². The lowest BCUT2D eigenvalue weighted by atomic mass is 9.84. The van der Waals surface area contributed by atoms with Gasteiger partial charge in [-0.3, -0.25) is 0 Å². The summed E-state index contributed by atoms with van der Waals surface area (Å²) in [5, 5.41) is 10.8. The van der Waals surface area contributed by atoms with Gasteiger partial charge in [0.05, 0.1) is 7.11 Å². The van der Waals surface area contributed by atoms with Crippen LogP contribution >= 0.6 is 0 Å². The SMILES string of the molecule is COc1ccc(C(C)(O)c2c(C)cc(C)cc2F)cc1. The third-order valence-corrected chi connectivity index (χ3v) is 3.57. The Morgan fingerprint density at radius 2 is 1.70 bits per heavy atom. The molecule has 2 aromatic rings. The molecular formula is C17H19FO2. The van der Waals surface area contributed by atoms with E-state index in [4.69, 9.17) is 4.74 Å². The number of hydrogen-bond donors (Lipinski definition) is 1. The van der Waals surface area contributed by atoms with Crippen LogP contribution in [-0.2, 0) is 5.60 Å². The van der Waals surface area contributed by atoms with E-state index in [-0.39, 0.29) is 5.82 Å². The average molecular weight is 274 g/mol. The Kier molecular flexibility index (Phi) is 3.82. The van der Waals surface area contributed by atoms with Crippen LogP contribution in [0.1, 0.15) is 29.2 Å². The van der Waals surface area contributed by atoms with Gasteiger partial charge in [0.2, 0.25) is 0 Å². The molecule has 1 N–H and O–H groups in total. The normalized spacial score (nSPS) is 13.9. The predicted molar refractivity (Wildman–Crippen MR) is 77.5 cm³/mol. The molecule has 0 radical (unpaired) electrons. The lowest BCUT2D eigenvalue weighted by molar-refractivity contribution is 0.0971. The molecule has 0 saturated heterocycles. The van der Waals surface area contributed by atoms with Gasteiger partial charge in [-0.15, -0.1) is 0 Å². The van der Waals surface area contributed by atoms with Crippen molar-refractivity contribution in [1.29, 1.82) is 0 Å². The molecule has 0 bridgehead atoms. The van der Waals surface area contributed by atoms with Crippen molar-refractivity contribution in [3.63, 3.8) is 0 Å². The van der Waals surface area contributed by atoms with Gasteiger partial charge in [0.25, 0.3) is 0 Å². The van der Waals surface area contributed by atoms with Crippen LogP contribution in [0, 0.1) is 19.7 Å². The zero-order valence-electron chi connectivity index (χ0n) is 12.2. The first-order valence-electron chi connectivity index (χ1n) is 6.50. The Bertz CT molecular complexity index is 592. The summed E-state index contributed by atoms with van der Waals surface area (Å²) >= 11 is 0. The Morgan fingerprint density at radius 3 is 2.20 bits per heavy atom. The summed E-state index contributed by atoms with van der Waals surface area (Å²) in [7, 11) is 1.58. The first kappa shape index (κ1) is 14.5. The second-order valence-corrected chi connectivity index (χ2v) is 5.24. The van der Waals surface area contributed by atoms with Crippen molar-refractivity contribution in [3.05, 3.63) is 64.5 Å². The van der Waals surface area contributed by atoms with E-state index in [0.29, 0.717) is 16.9 Å². The van der Waals surface area contributed by atoms with Gasteiger partial charge in [-0.1, -0.05) is 18.2 Å². The summed E-state index contributed by atoms with van der Waals surface area (Å²) in [5.41, 5.74) is 1.14. The molecule has 3 heteroatoms. The van der Waals surface area contributed by atoms with Crippen molar-refractivity contribution >= 4 is 0 Å². The number of hydrogen-bond acceptors (Lipinski definition) is 2. The minimum absolute atomic E-state index is 0.313. The maximum atomic E-state index is 14.3. The monoisotopic (exact) mass is 274 g/mol. The van der Waals surface area contributed by atoms with Gasteiger partial charge < -0.3 is 9.84 Å². The molecule has 0 spiro atoms. The third-order valence-electron chi connectivity index (χ3n) is 3.57. The largest absolute Gasteiger partial charge is 0.497 e. The van der Waals surface area contributed by atoms with Gasteiger partial charge in [0.1, 0.15) is 17.2 Å². The van der Waals surface area contributed by atoms with E-state index >= 15 is 0 Å². The molecule has 0 heterocycles. The lowest BCUT2D eigenvalue weighted by Gasteiger charge is -2.27. The number of aryl methyl sites for hydroxylation is 2. The van der Waals surface area contributed by atoms with E-state index in [1.807, 2.05) is 19.9 Å². The molecule has 0 aromatic heterocycles. The molecule has 20 heavy (non-hydrogen) atoms. The summed E-state index contributed by atoms with van der Waals surface area (Å²) in [6, 6.07) is 10.3. The molecule has 0 amide bonds. The molecule has 2 nitrogen and oxygen atoms in total. The highest BCUT2D eigenvalue weighted by Crippen LogP contribution is 2.34. The quantitative estimate of drug-likeness (QED) is 0.924. The van der Waals surface area contributed by atoms with Crippen molar-refractivity contribution in [1.82, 2.24) is 0 Å². The Balaban J connectivity index is 2.53. The number of methoxy groups -OCH3 is 1. The Morgan fingerprint density at radius 1 is 1.10 bits per heavy atom. The Labute approximate surface area is 118 Å². The lowest BCUT2D eigenvalue weighted by Crippen LogP contribution is -2.25. The fourth-order valence-corrected chi connectivity index (χ4v) is 2.59. The van der Waals surface area contributed by atoms with E-state index in [9.17, 15) is 9.50 Å². The van der Waals surface area contributed by atoms with Crippen LogP contribution in [-0.4, -0.2) is 12.2 Å². The maximum absolute atomic E-state index is 14.3. The van der Waals surface area contributed by atoms with Crippen LogP contribution in [0.15, 0.2) is 36.4 Å². The van der Waals surface area contributed by atoms with Crippen LogP contribution in [0.4, 0.5) is 4.39 Å². The number of rotatable bonds is 3. The molecule has 0 saturated carbocycles. The van der Waals surface area contributed by atoms with Crippen LogP contribution in [0.25, 0.3) is 0 Å². The summed E-state index contributed by atoms with van der Waals surface area (Å²) in [6.07, 6.45) is 0. The van der Waals surface area contributed by atoms with Crippen molar-refractivity contribution in [2.24, 2.45) is 0 Å². The number of halogens is 1. The molecule has 1 unspecified atom stereocenters. The first-order valence-corrected chi connectivity index (χ1v) is 6.50. The Hall–Kier alpha value is -1.87. The van der Waals surface area contributed by atoms with E-state index < -0.39 is 5.60 Å². The summed E-state index contributed by atoms with van der Waals surface area (Å²) < 4.78 is 19.3. The second-order valence-electron chi connectivity index (χ2n) is 5.24. The minimum atomic E-state index is -1.38. The zero-order chi connectivity index (χ0) is 14.9. The molecule has 0 aliphatic rings. The van der Waals surface area contributed by atoms with E-state index in [1.54, 1.807) is 38.3 Å². The molecule has 2 rings (SSSR count). The molecule has 0 aliphatic carbocycles. The van der Waals surface area contributed by atoms with Crippen LogP contribution in [0.3, 0.4) is 0 Å². The second kappa shape index (κ2) is 5.25. The predicted octanol–water partition coefficient (Wildman–Crippen LogP) is 3.71. The fourth-order valence-electron chi connectivity index (χ4n) is 2.59. The van der Waals surface area contributed by atoms with Gasteiger partial charge in [-0.25, -0.2) is 4.39 Å². The number of benzene rings is 2. The summed E-state index contributed by atoms with van der Waals surface area (Å²) in [6.45, 7) is 5.25. The van der Waals surface area contributed by atoms with Crippen molar-refractivity contribution in [3.8, 4) is 5.75 Å². The fraction of sp³-hybridized carbons (Fsp3) is 0.294. The van der Waals surface area contributed by atoms with Crippen molar-refractivity contribution < 1.29 is 14.2 Å². The molecule has 0 fully saturated rings. The first-order chi connectivity index (χ1) is 9.36. The van der Waals surface area contributed by atoms with Gasteiger partial charge in [-0.2, -0.15) is 0 Å². The standard InChI is InChI=1S/C17H19FO2/c1-11-9-12(2)16(15(18)10-11)17(3,19)13-5-7-14(20-4)8-6-13/h5-10,19H,1-4H3. The van der Waals surface area contributed by atoms with Crippen LogP contribution < -0.4 is 4.74 Å². The highest BCUT2D eigenvalue weighted by Gasteiger charge is 2.30. The van der Waals surface area contributed by atoms with Crippen LogP contribution in [0.2, 0.25) is 0 Å². The van der Waals surface area contributed by atoms with Gasteiger partial charge in [0, 0.05) is 5.56 Å². The third kappa shape index (κ3) is 2.54. The maximum Gasteiger partial charge on any atom is 0.130 e. The minimum Gasteiger partial charge on any atom is -0.497 e. The zero-order valence-corrected chi connectivity index (χ0v) is 12.2. The smallest absolute Gasteiger partial charge is 0.130 e. The van der Waals surface area contributed by atoms with Crippen molar-refractivity contribution in [2.75, 3.05) is 7.11 Å². The molecule has 1 atom stereocenters. The van der Waals surface area contributed by atoms with E-state index in [1.165, 1.54) is 6.07 Å². The van der Waals surface area contributed by atoms with Gasteiger partial charge in [0.15, 0.2) is 0 Å². The summed E-state index contributed by atoms with van der Waals surface area (Å²) in [4.78, 5) is 0. The van der Waals surface area contributed by atoms with Crippen molar-refractivity contribution in [2.45, 2.75) is 26.4 Å². The van der Waals surface area contributed by atoms with E-state index in [2.05, 4.69) is 0 Å². The highest BCUT2D eigenvalue weighted by atomic mass is 19.1. The highest BCUT2D eigenvalue weighted by molar-refractivity contribution is 5.43. The topological polar surface area (TPSA) is 29.5 Å². The average Bonchev–Trinajstić information content (AvgIpc) is 2.37. The molecular weight excluding hydrogens is 255 g/mol. The van der Waals surface area contributed by atoms with E-state index in [0.717, 1.165) is 11.1 Å². The molecule has 0 aliphatic heterocycles.